The summed E-state index contributed by atoms with van der Waals surface area (Å²) in [4.78, 5) is 15.0. The van der Waals surface area contributed by atoms with Gasteiger partial charge in [-0.05, 0) is 55.5 Å². The smallest absolute Gasteiger partial charge is 0.270 e. The van der Waals surface area contributed by atoms with E-state index in [9.17, 15) is 10.1 Å². The molecule has 1 aromatic heterocycles. The van der Waals surface area contributed by atoms with Crippen LogP contribution in [-0.4, -0.2) is 24.8 Å². The van der Waals surface area contributed by atoms with Crippen molar-refractivity contribution < 1.29 is 4.74 Å². The van der Waals surface area contributed by atoms with Crippen molar-refractivity contribution in [3.05, 3.63) is 69.5 Å². The van der Waals surface area contributed by atoms with Gasteiger partial charge in [0.2, 0.25) is 0 Å². The van der Waals surface area contributed by atoms with Crippen LogP contribution in [0.25, 0.3) is 10.9 Å². The van der Waals surface area contributed by atoms with E-state index in [0.29, 0.717) is 5.92 Å². The Kier molecular flexibility index (Phi) is 5.02. The second-order valence-electron chi connectivity index (χ2n) is 7.75. The van der Waals surface area contributed by atoms with Gasteiger partial charge in [0.05, 0.1) is 18.3 Å². The van der Waals surface area contributed by atoms with Gasteiger partial charge >= 0.3 is 0 Å². The minimum Gasteiger partial charge on any atom is -0.497 e. The molecule has 5 heteroatoms. The largest absolute Gasteiger partial charge is 0.497 e. The van der Waals surface area contributed by atoms with Crippen LogP contribution in [0.2, 0.25) is 0 Å². The van der Waals surface area contributed by atoms with Gasteiger partial charge < -0.3 is 14.2 Å². The Labute approximate surface area is 170 Å². The monoisotopic (exact) mass is 387 g/mol. The summed E-state index contributed by atoms with van der Waals surface area (Å²) in [5, 5.41) is 10.7. The number of piperidine rings is 1. The predicted molar refractivity (Wildman–Crippen MR) is 116 cm³/mol. The maximum atomic E-state index is 12.8. The average Bonchev–Trinajstić information content (AvgIpc) is 2.76. The van der Waals surface area contributed by atoms with Gasteiger partial charge in [-0.25, -0.2) is 0 Å². The molecule has 0 saturated carbocycles. The highest BCUT2D eigenvalue weighted by Gasteiger charge is 2.26. The molecule has 0 radical (unpaired) electrons. The minimum absolute atomic E-state index is 0.226. The number of methoxy groups -OCH3 is 1. The summed E-state index contributed by atoms with van der Waals surface area (Å²) in [6.07, 6.45) is 1.97. The number of aromatic nitrogens is 1. The molecular weight excluding hydrogens is 362 g/mol. The van der Waals surface area contributed by atoms with E-state index in [0.717, 1.165) is 53.8 Å². The molecule has 4 rings (SSSR count). The van der Waals surface area contributed by atoms with Gasteiger partial charge in [-0.2, -0.15) is 5.26 Å². The average molecular weight is 387 g/mol. The van der Waals surface area contributed by atoms with Gasteiger partial charge in [0.1, 0.15) is 17.4 Å². The lowest BCUT2D eigenvalue weighted by Crippen LogP contribution is -2.35. The maximum absolute atomic E-state index is 12.8. The van der Waals surface area contributed by atoms with Crippen molar-refractivity contribution in [1.82, 2.24) is 4.57 Å². The van der Waals surface area contributed by atoms with Crippen LogP contribution in [0, 0.1) is 18.3 Å². The fraction of sp³-hybridized carbons (Fsp3) is 0.333. The van der Waals surface area contributed by atoms with Crippen LogP contribution in [0.3, 0.4) is 0 Å². The van der Waals surface area contributed by atoms with Crippen molar-refractivity contribution in [2.75, 3.05) is 25.1 Å². The zero-order chi connectivity index (χ0) is 20.5. The molecule has 5 nitrogen and oxygen atoms in total. The van der Waals surface area contributed by atoms with E-state index in [2.05, 4.69) is 29.2 Å². The third kappa shape index (κ3) is 3.36. The van der Waals surface area contributed by atoms with Crippen LogP contribution in [0.4, 0.5) is 5.69 Å². The molecule has 2 heterocycles. The van der Waals surface area contributed by atoms with Gasteiger partial charge in [0.15, 0.2) is 0 Å². The van der Waals surface area contributed by atoms with Crippen molar-refractivity contribution in [1.29, 1.82) is 5.26 Å². The first kappa shape index (κ1) is 19.1. The Balaban J connectivity index is 1.69. The molecule has 0 N–H and O–H groups in total. The van der Waals surface area contributed by atoms with Crippen molar-refractivity contribution in [2.45, 2.75) is 25.7 Å². The highest BCUT2D eigenvalue weighted by Crippen LogP contribution is 2.35. The molecule has 3 aromatic rings. The normalized spacial score (nSPS) is 14.8. The molecule has 2 aromatic carbocycles. The summed E-state index contributed by atoms with van der Waals surface area (Å²) in [5.74, 6) is 1.34. The van der Waals surface area contributed by atoms with Gasteiger partial charge in [0, 0.05) is 25.5 Å². The SMILES string of the molecule is COc1ccc(C2CCN(c3c(C#N)c(=O)n(C)c4ccc(C)cc34)CC2)cc1. The highest BCUT2D eigenvalue weighted by molar-refractivity contribution is 5.95. The summed E-state index contributed by atoms with van der Waals surface area (Å²) < 4.78 is 6.84. The quantitative estimate of drug-likeness (QED) is 0.679. The van der Waals surface area contributed by atoms with Gasteiger partial charge in [-0.3, -0.25) is 4.79 Å². The first-order valence-electron chi connectivity index (χ1n) is 9.96. The van der Waals surface area contributed by atoms with Gasteiger partial charge in [-0.15, -0.1) is 0 Å². The molecule has 1 aliphatic heterocycles. The lowest BCUT2D eigenvalue weighted by Gasteiger charge is -2.35. The Morgan fingerprint density at radius 1 is 1.10 bits per heavy atom. The molecule has 148 valence electrons. The number of anilines is 1. The van der Waals surface area contributed by atoms with E-state index < -0.39 is 0 Å². The van der Waals surface area contributed by atoms with E-state index in [1.165, 1.54) is 5.56 Å². The van der Waals surface area contributed by atoms with Crippen LogP contribution in [0.5, 0.6) is 5.75 Å². The summed E-state index contributed by atoms with van der Waals surface area (Å²) in [6.45, 7) is 3.68. The number of benzene rings is 2. The Morgan fingerprint density at radius 2 is 1.79 bits per heavy atom. The number of pyridine rings is 1. The van der Waals surface area contributed by atoms with Gasteiger partial charge in [-0.1, -0.05) is 23.8 Å². The van der Waals surface area contributed by atoms with E-state index in [1.807, 2.05) is 31.2 Å². The van der Waals surface area contributed by atoms with Crippen LogP contribution in [-0.2, 0) is 7.05 Å². The zero-order valence-electron chi connectivity index (χ0n) is 17.1. The predicted octanol–water partition coefficient (Wildman–Crippen LogP) is 4.11. The summed E-state index contributed by atoms with van der Waals surface area (Å²) >= 11 is 0. The molecule has 0 spiro atoms. The Bertz CT molecular complexity index is 1150. The van der Waals surface area contributed by atoms with E-state index >= 15 is 0 Å². The number of ether oxygens (including phenoxy) is 1. The number of nitrogens with zero attached hydrogens (tertiary/aromatic N) is 3. The molecule has 0 atom stereocenters. The molecule has 29 heavy (non-hydrogen) atoms. The fourth-order valence-electron chi connectivity index (χ4n) is 4.39. The number of fused-ring (bicyclic) bond motifs is 1. The summed E-state index contributed by atoms with van der Waals surface area (Å²) in [7, 11) is 3.41. The topological polar surface area (TPSA) is 58.3 Å². The lowest BCUT2D eigenvalue weighted by molar-refractivity contribution is 0.414. The standard InChI is InChI=1S/C24H25N3O2/c1-16-4-9-22-20(14-16)23(21(15-25)24(28)26(22)2)27-12-10-18(11-13-27)17-5-7-19(29-3)8-6-17/h4-9,14,18H,10-13H2,1-3H3. The van der Waals surface area contributed by atoms with Gasteiger partial charge in [0.25, 0.3) is 5.56 Å². The molecule has 0 bridgehead atoms. The second-order valence-corrected chi connectivity index (χ2v) is 7.75. The number of nitriles is 1. The first-order chi connectivity index (χ1) is 14.0. The third-order valence-corrected chi connectivity index (χ3v) is 6.03. The van der Waals surface area contributed by atoms with Crippen molar-refractivity contribution >= 4 is 16.6 Å². The zero-order valence-corrected chi connectivity index (χ0v) is 17.1. The van der Waals surface area contributed by atoms with Crippen LogP contribution >= 0.6 is 0 Å². The third-order valence-electron chi connectivity index (χ3n) is 6.03. The van der Waals surface area contributed by atoms with Crippen molar-refractivity contribution in [3.8, 4) is 11.8 Å². The van der Waals surface area contributed by atoms with E-state index in [4.69, 9.17) is 4.74 Å². The fourth-order valence-corrected chi connectivity index (χ4v) is 4.39. The summed E-state index contributed by atoms with van der Waals surface area (Å²) in [5.41, 5.74) is 4.11. The number of hydrogen-bond acceptors (Lipinski definition) is 4. The molecule has 0 aliphatic carbocycles. The highest BCUT2D eigenvalue weighted by atomic mass is 16.5. The molecule has 0 unspecified atom stereocenters. The second kappa shape index (κ2) is 7.63. The number of aryl methyl sites for hydroxylation is 2. The number of rotatable bonds is 3. The molecule has 1 fully saturated rings. The Morgan fingerprint density at radius 3 is 2.41 bits per heavy atom. The molecule has 0 amide bonds. The van der Waals surface area contributed by atoms with E-state index in [-0.39, 0.29) is 11.1 Å². The van der Waals surface area contributed by atoms with Crippen LogP contribution in [0.1, 0.15) is 35.4 Å². The summed E-state index contributed by atoms with van der Waals surface area (Å²) in [6, 6.07) is 16.5. The first-order valence-corrected chi connectivity index (χ1v) is 9.96. The molecule has 1 aliphatic rings. The molecular formula is C24H25N3O2. The molecule has 1 saturated heterocycles. The number of hydrogen-bond donors (Lipinski definition) is 0. The van der Waals surface area contributed by atoms with Crippen molar-refractivity contribution in [2.24, 2.45) is 7.05 Å². The Hall–Kier alpha value is -3.26. The van der Waals surface area contributed by atoms with E-state index in [1.54, 1.807) is 18.7 Å². The van der Waals surface area contributed by atoms with Crippen molar-refractivity contribution in [3.63, 3.8) is 0 Å². The van der Waals surface area contributed by atoms with Crippen LogP contribution < -0.4 is 15.2 Å². The lowest BCUT2D eigenvalue weighted by atomic mass is 9.89. The maximum Gasteiger partial charge on any atom is 0.270 e. The van der Waals surface area contributed by atoms with Crippen LogP contribution in [0.15, 0.2) is 47.3 Å². The minimum atomic E-state index is -0.226.